The Bertz CT molecular complexity index is 694. The largest absolute Gasteiger partial charge is 0.484 e. The van der Waals surface area contributed by atoms with Crippen LogP contribution in [0.2, 0.25) is 0 Å². The summed E-state index contributed by atoms with van der Waals surface area (Å²) >= 11 is 0. The predicted molar refractivity (Wildman–Crippen MR) is 81.5 cm³/mol. The highest BCUT2D eigenvalue weighted by Gasteiger charge is 2.30. The standard InChI is InChI=1S/C17H16F3NO2/c1-11-3-6-14(9-12(11)2)21-16(22)10-23-15-7-4-13(5-8-15)17(18,19)20/h3-9H,10H2,1-2H3,(H,21,22). The molecule has 0 aliphatic heterocycles. The van der Waals surface area contributed by atoms with Crippen molar-refractivity contribution in [2.45, 2.75) is 20.0 Å². The number of rotatable bonds is 4. The van der Waals surface area contributed by atoms with Gasteiger partial charge in [0.15, 0.2) is 6.61 Å². The van der Waals surface area contributed by atoms with E-state index in [0.29, 0.717) is 5.69 Å². The minimum atomic E-state index is -4.39. The van der Waals surface area contributed by atoms with Crippen molar-refractivity contribution in [3.63, 3.8) is 0 Å². The van der Waals surface area contributed by atoms with E-state index in [2.05, 4.69) is 5.32 Å². The minimum absolute atomic E-state index is 0.202. The van der Waals surface area contributed by atoms with Crippen LogP contribution in [0.4, 0.5) is 18.9 Å². The summed E-state index contributed by atoms with van der Waals surface area (Å²) in [4.78, 5) is 11.8. The molecule has 2 aromatic rings. The van der Waals surface area contributed by atoms with E-state index in [0.717, 1.165) is 23.3 Å². The number of anilines is 1. The SMILES string of the molecule is Cc1ccc(NC(=O)COc2ccc(C(F)(F)F)cc2)cc1C. The van der Waals surface area contributed by atoms with Crippen molar-refractivity contribution in [1.29, 1.82) is 0 Å². The molecule has 0 saturated carbocycles. The minimum Gasteiger partial charge on any atom is -0.484 e. The molecule has 0 aromatic heterocycles. The molecule has 0 bridgehead atoms. The molecule has 0 saturated heterocycles. The first-order chi connectivity index (χ1) is 10.8. The molecule has 0 atom stereocenters. The van der Waals surface area contributed by atoms with Crippen molar-refractivity contribution in [2.75, 3.05) is 11.9 Å². The lowest BCUT2D eigenvalue weighted by Gasteiger charge is -2.10. The van der Waals surface area contributed by atoms with E-state index in [-0.39, 0.29) is 18.3 Å². The van der Waals surface area contributed by atoms with Gasteiger partial charge in [-0.25, -0.2) is 0 Å². The number of hydrogen-bond acceptors (Lipinski definition) is 2. The smallest absolute Gasteiger partial charge is 0.416 e. The molecule has 1 amide bonds. The molecule has 0 radical (unpaired) electrons. The highest BCUT2D eigenvalue weighted by atomic mass is 19.4. The van der Waals surface area contributed by atoms with Crippen LogP contribution >= 0.6 is 0 Å². The molecular formula is C17H16F3NO2. The number of hydrogen-bond donors (Lipinski definition) is 1. The molecule has 0 fully saturated rings. The third-order valence-corrected chi connectivity index (χ3v) is 3.34. The highest BCUT2D eigenvalue weighted by molar-refractivity contribution is 5.92. The van der Waals surface area contributed by atoms with Crippen LogP contribution in [0.1, 0.15) is 16.7 Å². The third kappa shape index (κ3) is 4.74. The van der Waals surface area contributed by atoms with Gasteiger partial charge in [0.2, 0.25) is 0 Å². The average molecular weight is 323 g/mol. The first kappa shape index (κ1) is 16.9. The third-order valence-electron chi connectivity index (χ3n) is 3.34. The molecule has 0 aliphatic rings. The lowest BCUT2D eigenvalue weighted by Crippen LogP contribution is -2.20. The predicted octanol–water partition coefficient (Wildman–Crippen LogP) is 4.34. The van der Waals surface area contributed by atoms with Crippen LogP contribution < -0.4 is 10.1 Å². The summed E-state index contributed by atoms with van der Waals surface area (Å²) in [6.07, 6.45) is -4.39. The number of amides is 1. The van der Waals surface area contributed by atoms with Crippen molar-refractivity contribution in [3.05, 3.63) is 59.2 Å². The van der Waals surface area contributed by atoms with E-state index in [1.54, 1.807) is 6.07 Å². The monoisotopic (exact) mass is 323 g/mol. The van der Waals surface area contributed by atoms with Crippen LogP contribution in [0.15, 0.2) is 42.5 Å². The Balaban J connectivity index is 1.90. The van der Waals surface area contributed by atoms with E-state index in [4.69, 9.17) is 4.74 Å². The summed E-state index contributed by atoms with van der Waals surface area (Å²) in [5, 5.41) is 2.67. The fraction of sp³-hybridized carbons (Fsp3) is 0.235. The van der Waals surface area contributed by atoms with Gasteiger partial charge in [-0.1, -0.05) is 6.07 Å². The molecule has 0 spiro atoms. The Morgan fingerprint density at radius 1 is 1.04 bits per heavy atom. The lowest BCUT2D eigenvalue weighted by atomic mass is 10.1. The first-order valence-electron chi connectivity index (χ1n) is 6.93. The average Bonchev–Trinajstić information content (AvgIpc) is 2.48. The number of alkyl halides is 3. The summed E-state index contributed by atoms with van der Waals surface area (Å²) in [5.74, 6) is -0.179. The molecule has 0 unspecified atom stereocenters. The second kappa shape index (κ2) is 6.73. The molecular weight excluding hydrogens is 307 g/mol. The van der Waals surface area contributed by atoms with Gasteiger partial charge in [0, 0.05) is 5.69 Å². The molecule has 2 rings (SSSR count). The van der Waals surface area contributed by atoms with Crippen LogP contribution in [-0.2, 0) is 11.0 Å². The molecule has 3 nitrogen and oxygen atoms in total. The second-order valence-corrected chi connectivity index (χ2v) is 5.16. The van der Waals surface area contributed by atoms with E-state index in [1.807, 2.05) is 26.0 Å². The second-order valence-electron chi connectivity index (χ2n) is 5.16. The number of halogens is 3. The van der Waals surface area contributed by atoms with E-state index in [1.165, 1.54) is 12.1 Å². The molecule has 0 aliphatic carbocycles. The van der Waals surface area contributed by atoms with Gasteiger partial charge in [-0.2, -0.15) is 13.2 Å². The van der Waals surface area contributed by atoms with Gasteiger partial charge in [0.1, 0.15) is 5.75 Å². The molecule has 1 N–H and O–H groups in total. The zero-order valence-corrected chi connectivity index (χ0v) is 12.7. The van der Waals surface area contributed by atoms with E-state index >= 15 is 0 Å². The summed E-state index contributed by atoms with van der Waals surface area (Å²) in [6.45, 7) is 3.62. The summed E-state index contributed by atoms with van der Waals surface area (Å²) in [5.41, 5.74) is 2.05. The molecule has 2 aromatic carbocycles. The van der Waals surface area contributed by atoms with Crippen molar-refractivity contribution in [3.8, 4) is 5.75 Å². The molecule has 23 heavy (non-hydrogen) atoms. The Morgan fingerprint density at radius 2 is 1.70 bits per heavy atom. The first-order valence-corrected chi connectivity index (χ1v) is 6.93. The van der Waals surface area contributed by atoms with Gasteiger partial charge in [-0.05, 0) is 61.4 Å². The van der Waals surface area contributed by atoms with Crippen molar-refractivity contribution < 1.29 is 22.7 Å². The van der Waals surface area contributed by atoms with Crippen molar-refractivity contribution in [1.82, 2.24) is 0 Å². The topological polar surface area (TPSA) is 38.3 Å². The Kier molecular flexibility index (Phi) is 4.93. The number of nitrogens with one attached hydrogen (secondary N) is 1. The highest BCUT2D eigenvalue weighted by Crippen LogP contribution is 2.30. The quantitative estimate of drug-likeness (QED) is 0.909. The van der Waals surface area contributed by atoms with E-state index < -0.39 is 11.7 Å². The van der Waals surface area contributed by atoms with Crippen LogP contribution in [0, 0.1) is 13.8 Å². The zero-order chi connectivity index (χ0) is 17.0. The van der Waals surface area contributed by atoms with Crippen LogP contribution in [0.25, 0.3) is 0 Å². The maximum absolute atomic E-state index is 12.4. The Morgan fingerprint density at radius 3 is 2.26 bits per heavy atom. The van der Waals surface area contributed by atoms with Gasteiger partial charge in [0.05, 0.1) is 5.56 Å². The van der Waals surface area contributed by atoms with Gasteiger partial charge >= 0.3 is 6.18 Å². The van der Waals surface area contributed by atoms with Gasteiger partial charge in [-0.15, -0.1) is 0 Å². The number of ether oxygens (including phenoxy) is 1. The maximum Gasteiger partial charge on any atom is 0.416 e. The number of benzene rings is 2. The Labute approximate surface area is 132 Å². The normalized spacial score (nSPS) is 11.2. The van der Waals surface area contributed by atoms with Crippen LogP contribution in [0.3, 0.4) is 0 Å². The molecule has 0 heterocycles. The number of aryl methyl sites for hydroxylation is 2. The summed E-state index contributed by atoms with van der Waals surface area (Å²) in [6, 6.07) is 9.71. The summed E-state index contributed by atoms with van der Waals surface area (Å²) < 4.78 is 42.5. The lowest BCUT2D eigenvalue weighted by molar-refractivity contribution is -0.137. The molecule has 122 valence electrons. The van der Waals surface area contributed by atoms with Gasteiger partial charge in [0.25, 0.3) is 5.91 Å². The van der Waals surface area contributed by atoms with Crippen LogP contribution in [-0.4, -0.2) is 12.5 Å². The maximum atomic E-state index is 12.4. The van der Waals surface area contributed by atoms with Crippen molar-refractivity contribution >= 4 is 11.6 Å². The fourth-order valence-electron chi connectivity index (χ4n) is 1.91. The number of carbonyl (C=O) groups is 1. The Hall–Kier alpha value is -2.50. The fourth-order valence-corrected chi connectivity index (χ4v) is 1.91. The zero-order valence-electron chi connectivity index (χ0n) is 12.7. The molecule has 6 heteroatoms. The van der Waals surface area contributed by atoms with Gasteiger partial charge in [-0.3, -0.25) is 4.79 Å². The van der Waals surface area contributed by atoms with Crippen molar-refractivity contribution in [2.24, 2.45) is 0 Å². The number of carbonyl (C=O) groups excluding carboxylic acids is 1. The van der Waals surface area contributed by atoms with E-state index in [9.17, 15) is 18.0 Å². The van der Waals surface area contributed by atoms with Crippen LogP contribution in [0.5, 0.6) is 5.75 Å². The summed E-state index contributed by atoms with van der Waals surface area (Å²) in [7, 11) is 0. The van der Waals surface area contributed by atoms with Gasteiger partial charge < -0.3 is 10.1 Å².